The second kappa shape index (κ2) is 7.91. The fourth-order valence-corrected chi connectivity index (χ4v) is 8.80. The first-order valence-electron chi connectivity index (χ1n) is 14.7. The van der Waals surface area contributed by atoms with Crippen LogP contribution in [0.4, 0.5) is 4.39 Å². The van der Waals surface area contributed by atoms with E-state index < -0.39 is 28.4 Å². The number of alkyl halides is 1. The predicted octanol–water partition coefficient (Wildman–Crippen LogP) is 5.61. The molecule has 0 amide bonds. The maximum absolute atomic E-state index is 16.5. The summed E-state index contributed by atoms with van der Waals surface area (Å²) in [5.41, 5.74) is -1.44. The van der Waals surface area contributed by atoms with Gasteiger partial charge in [-0.15, -0.1) is 0 Å². The van der Waals surface area contributed by atoms with Gasteiger partial charge in [-0.3, -0.25) is 9.59 Å². The van der Waals surface area contributed by atoms with E-state index in [4.69, 9.17) is 23.4 Å². The van der Waals surface area contributed by atoms with Crippen LogP contribution < -0.4 is 4.74 Å². The molecule has 3 aliphatic heterocycles. The number of ether oxygens (including phenoxy) is 4. The maximum atomic E-state index is 16.5. The van der Waals surface area contributed by atoms with Crippen molar-refractivity contribution in [1.29, 1.82) is 0 Å². The Labute approximate surface area is 223 Å². The number of hydrogen-bond donors (Lipinski definition) is 0. The van der Waals surface area contributed by atoms with E-state index in [1.807, 2.05) is 27.7 Å². The summed E-state index contributed by atoms with van der Waals surface area (Å²) in [4.78, 5) is 26.0. The fraction of sp³-hybridized carbons (Fsp3) is 0.800. The van der Waals surface area contributed by atoms with E-state index in [1.165, 1.54) is 0 Å². The molecule has 0 N–H and O–H groups in total. The summed E-state index contributed by atoms with van der Waals surface area (Å²) in [7, 11) is 0. The molecule has 1 unspecified atom stereocenters. The number of esters is 1. The number of ketones is 1. The Bertz CT molecular complexity index is 1210. The predicted molar refractivity (Wildman–Crippen MR) is 134 cm³/mol. The van der Waals surface area contributed by atoms with Crippen LogP contribution in [0.25, 0.3) is 0 Å². The molecule has 38 heavy (non-hydrogen) atoms. The molecule has 8 heteroatoms. The molecule has 3 aliphatic carbocycles. The lowest BCUT2D eigenvalue weighted by atomic mass is 9.47. The lowest BCUT2D eigenvalue weighted by Gasteiger charge is -2.52. The molecule has 0 radical (unpaired) electrons. The van der Waals surface area contributed by atoms with Gasteiger partial charge in [0.15, 0.2) is 23.3 Å². The molecule has 0 bridgehead atoms. The second-order valence-electron chi connectivity index (χ2n) is 13.0. The molecule has 1 aromatic heterocycles. The van der Waals surface area contributed by atoms with Crippen LogP contribution in [0.15, 0.2) is 4.42 Å². The van der Waals surface area contributed by atoms with Crippen molar-refractivity contribution in [2.75, 3.05) is 0 Å². The van der Waals surface area contributed by atoms with Crippen molar-refractivity contribution in [3.8, 4) is 5.95 Å². The van der Waals surface area contributed by atoms with Gasteiger partial charge in [-0.05, 0) is 43.9 Å². The van der Waals surface area contributed by atoms with Crippen LogP contribution in [-0.4, -0.2) is 53.0 Å². The van der Waals surface area contributed by atoms with Crippen LogP contribution in [0.2, 0.25) is 0 Å². The summed E-state index contributed by atoms with van der Waals surface area (Å²) in [5, 5.41) is 0. The molecule has 1 aromatic rings. The van der Waals surface area contributed by atoms with Gasteiger partial charge in [0.1, 0.15) is 23.4 Å². The van der Waals surface area contributed by atoms with Gasteiger partial charge in [-0.2, -0.15) is 0 Å². The number of epoxide rings is 3. The number of rotatable bonds is 9. The van der Waals surface area contributed by atoms with Gasteiger partial charge in [0.2, 0.25) is 0 Å². The second-order valence-corrected chi connectivity index (χ2v) is 13.0. The van der Waals surface area contributed by atoms with Gasteiger partial charge in [-0.1, -0.05) is 47.5 Å². The van der Waals surface area contributed by atoms with Crippen molar-refractivity contribution in [2.24, 2.45) is 11.3 Å². The number of carbonyl (C=O) groups excluding carboxylic acids is 2. The highest BCUT2D eigenvalue weighted by atomic mass is 19.1. The Morgan fingerprint density at radius 2 is 1.82 bits per heavy atom. The van der Waals surface area contributed by atoms with Crippen molar-refractivity contribution < 1.29 is 37.3 Å². The largest absolute Gasteiger partial charge is 0.422 e. The van der Waals surface area contributed by atoms with Crippen LogP contribution in [0.5, 0.6) is 5.95 Å². The van der Waals surface area contributed by atoms with Gasteiger partial charge in [0, 0.05) is 29.4 Å². The molecule has 0 aromatic carbocycles. The van der Waals surface area contributed by atoms with E-state index in [1.54, 1.807) is 0 Å². The Morgan fingerprint density at radius 1 is 1.08 bits per heavy atom. The quantitative estimate of drug-likeness (QED) is 0.233. The number of unbranched alkanes of at least 4 members (excludes halogenated alkanes) is 2. The Hall–Kier alpha value is -1.77. The van der Waals surface area contributed by atoms with Crippen LogP contribution in [0.3, 0.4) is 0 Å². The standard InChI is InChI=1S/C30H39FO7/c1-6-8-10-18(32)22-21-16(25(35-22)34-20(33)11-9-7-2)12-13-27(5)17(21)14-19-29(36-19)26(31)28(15(3)4)23(37-28)24-30(27,29)38-24/h15,17,19,23-24,26H,6-14H2,1-5H3/t17-,19-,23-,24-,26?,27-,28-,29+,30+/m0/s1. The first kappa shape index (κ1) is 25.2. The minimum absolute atomic E-state index is 0.0222. The van der Waals surface area contributed by atoms with Crippen LogP contribution in [0, 0.1) is 11.3 Å². The zero-order chi connectivity index (χ0) is 26.8. The number of hydrogen-bond acceptors (Lipinski definition) is 7. The lowest BCUT2D eigenvalue weighted by molar-refractivity contribution is -0.135. The Kier molecular flexibility index (Phi) is 5.25. The van der Waals surface area contributed by atoms with Crippen molar-refractivity contribution >= 4 is 11.8 Å². The minimum atomic E-state index is -1.26. The molecule has 7 rings (SSSR count). The van der Waals surface area contributed by atoms with E-state index in [0.717, 1.165) is 36.8 Å². The number of furan rings is 1. The topological polar surface area (TPSA) is 94.1 Å². The summed E-state index contributed by atoms with van der Waals surface area (Å²) >= 11 is 0. The Balaban J connectivity index is 1.29. The van der Waals surface area contributed by atoms with Gasteiger partial charge in [0.25, 0.3) is 5.95 Å². The SMILES string of the molecule is CCCCC(=O)Oc1oc(C(=O)CCCC)c2c1CC[C@@]1(C)[C@H]2C[C@@H]2O[C@@]23C(F)[C@@]2(C(C)C)O[C@H]2[C@@H]2O[C@]213. The summed E-state index contributed by atoms with van der Waals surface area (Å²) in [6, 6.07) is 0. The molecule has 7 nitrogen and oxygen atoms in total. The third-order valence-corrected chi connectivity index (χ3v) is 10.9. The molecule has 3 saturated heterocycles. The number of carbonyl (C=O) groups is 2. The monoisotopic (exact) mass is 530 g/mol. The summed E-state index contributed by atoms with van der Waals surface area (Å²) in [6.07, 6.45) is 3.75. The van der Waals surface area contributed by atoms with Gasteiger partial charge in [0.05, 0.1) is 6.10 Å². The van der Waals surface area contributed by atoms with Crippen molar-refractivity contribution in [1.82, 2.24) is 0 Å². The first-order valence-corrected chi connectivity index (χ1v) is 14.7. The minimum Gasteiger partial charge on any atom is -0.422 e. The van der Waals surface area contributed by atoms with E-state index in [2.05, 4.69) is 6.92 Å². The third-order valence-electron chi connectivity index (χ3n) is 10.9. The van der Waals surface area contributed by atoms with E-state index >= 15 is 4.39 Å². The fourth-order valence-electron chi connectivity index (χ4n) is 8.80. The van der Waals surface area contributed by atoms with Gasteiger partial charge < -0.3 is 23.4 Å². The van der Waals surface area contributed by atoms with Gasteiger partial charge >= 0.3 is 5.97 Å². The smallest absolute Gasteiger partial charge is 0.313 e. The van der Waals surface area contributed by atoms with Crippen molar-refractivity contribution in [3.63, 3.8) is 0 Å². The Morgan fingerprint density at radius 3 is 2.53 bits per heavy atom. The van der Waals surface area contributed by atoms with E-state index in [9.17, 15) is 9.59 Å². The molecular formula is C30H39FO7. The maximum Gasteiger partial charge on any atom is 0.313 e. The highest BCUT2D eigenvalue weighted by molar-refractivity contribution is 5.96. The van der Waals surface area contributed by atoms with E-state index in [0.29, 0.717) is 37.9 Å². The summed E-state index contributed by atoms with van der Waals surface area (Å²) < 4.78 is 47.5. The average molecular weight is 531 g/mol. The number of halogens is 1. The molecular weight excluding hydrogens is 491 g/mol. The molecule has 4 heterocycles. The van der Waals surface area contributed by atoms with Crippen LogP contribution in [0.1, 0.15) is 114 Å². The van der Waals surface area contributed by atoms with E-state index in [-0.39, 0.29) is 47.8 Å². The number of fused-ring (bicyclic) bond motifs is 5. The molecule has 5 fully saturated rings. The van der Waals surface area contributed by atoms with Crippen molar-refractivity contribution in [2.45, 2.75) is 140 Å². The highest BCUT2D eigenvalue weighted by Crippen LogP contribution is 2.84. The normalized spacial score (nSPS) is 44.7. The lowest BCUT2D eigenvalue weighted by Crippen LogP contribution is -2.67. The third kappa shape index (κ3) is 2.75. The zero-order valence-electron chi connectivity index (χ0n) is 23.1. The van der Waals surface area contributed by atoms with Crippen molar-refractivity contribution in [3.05, 3.63) is 16.9 Å². The molecule has 2 saturated carbocycles. The highest BCUT2D eigenvalue weighted by Gasteiger charge is 3.01. The molecule has 9 atom stereocenters. The number of Topliss-reactive ketones (excluding diaryl/α,β-unsaturated/α-hetero) is 1. The van der Waals surface area contributed by atoms with Crippen LogP contribution >= 0.6 is 0 Å². The van der Waals surface area contributed by atoms with Gasteiger partial charge in [-0.25, -0.2) is 4.39 Å². The first-order chi connectivity index (χ1) is 18.1. The molecule has 2 spiro atoms. The zero-order valence-corrected chi connectivity index (χ0v) is 23.1. The summed E-state index contributed by atoms with van der Waals surface area (Å²) in [5.74, 6) is -0.0465. The van der Waals surface area contributed by atoms with Crippen LogP contribution in [-0.2, 0) is 25.4 Å². The summed E-state index contributed by atoms with van der Waals surface area (Å²) in [6.45, 7) is 10.3. The average Bonchev–Trinajstić information content (AvgIpc) is 3.79. The molecule has 6 aliphatic rings. The molecule has 208 valence electrons.